The number of rotatable bonds is 4. The van der Waals surface area contributed by atoms with Crippen LogP contribution in [0.25, 0.3) is 17.9 Å². The van der Waals surface area contributed by atoms with Crippen molar-refractivity contribution in [1.29, 1.82) is 0 Å². The van der Waals surface area contributed by atoms with Gasteiger partial charge in [0.1, 0.15) is 0 Å². The average Bonchev–Trinajstić information content (AvgIpc) is 2.97. The topological polar surface area (TPSA) is 43.1 Å². The van der Waals surface area contributed by atoms with Gasteiger partial charge in [-0.1, -0.05) is 56.0 Å². The van der Waals surface area contributed by atoms with Crippen molar-refractivity contribution in [2.75, 3.05) is 6.26 Å². The Hall–Kier alpha value is -2.14. The van der Waals surface area contributed by atoms with Crippen LogP contribution in [0.3, 0.4) is 0 Å². The van der Waals surface area contributed by atoms with E-state index in [9.17, 15) is 0 Å². The van der Waals surface area contributed by atoms with Crippen molar-refractivity contribution < 1.29 is 0 Å². The summed E-state index contributed by atoms with van der Waals surface area (Å²) in [6.07, 6.45) is 7.84. The summed E-state index contributed by atoms with van der Waals surface area (Å²) in [6, 6.07) is 10.6. The van der Waals surface area contributed by atoms with Crippen LogP contribution in [0.5, 0.6) is 0 Å². The van der Waals surface area contributed by atoms with Crippen molar-refractivity contribution in [2.45, 2.75) is 24.9 Å². The molecule has 0 spiro atoms. The summed E-state index contributed by atoms with van der Waals surface area (Å²) in [5.41, 5.74) is 3.48. The van der Waals surface area contributed by atoms with Gasteiger partial charge in [0, 0.05) is 6.20 Å². The quantitative estimate of drug-likeness (QED) is 0.679. The summed E-state index contributed by atoms with van der Waals surface area (Å²) in [4.78, 5) is 8.59. The van der Waals surface area contributed by atoms with Crippen molar-refractivity contribution in [1.82, 2.24) is 19.6 Å². The van der Waals surface area contributed by atoms with Crippen LogP contribution in [0.4, 0.5) is 0 Å². The molecule has 0 aliphatic heterocycles. The minimum atomic E-state index is 0.554. The molecule has 0 fully saturated rings. The van der Waals surface area contributed by atoms with E-state index in [0.29, 0.717) is 11.7 Å². The normalized spacial score (nSPS) is 11.8. The van der Waals surface area contributed by atoms with Gasteiger partial charge < -0.3 is 0 Å². The first kappa shape index (κ1) is 14.8. The maximum atomic E-state index is 4.44. The number of aromatic nitrogens is 4. The highest BCUT2D eigenvalue weighted by Gasteiger charge is 2.05. The van der Waals surface area contributed by atoms with Gasteiger partial charge in [-0.05, 0) is 35.4 Å². The summed E-state index contributed by atoms with van der Waals surface area (Å²) in [7, 11) is 0. The van der Waals surface area contributed by atoms with Crippen LogP contribution in [0.1, 0.15) is 36.6 Å². The molecule has 2 heterocycles. The van der Waals surface area contributed by atoms with Gasteiger partial charge in [-0.15, -0.1) is 5.10 Å². The number of fused-ring (bicyclic) bond motifs is 1. The second-order valence-corrected chi connectivity index (χ2v) is 6.11. The van der Waals surface area contributed by atoms with Gasteiger partial charge in [-0.2, -0.15) is 9.50 Å². The predicted octanol–water partition coefficient (Wildman–Crippen LogP) is 4.14. The summed E-state index contributed by atoms with van der Waals surface area (Å²) in [5.74, 6) is 1.18. The molecule has 0 bridgehead atoms. The first-order valence-electron chi connectivity index (χ1n) is 7.21. The molecule has 0 radical (unpaired) electrons. The number of benzene rings is 1. The van der Waals surface area contributed by atoms with Gasteiger partial charge in [-0.25, -0.2) is 4.98 Å². The molecule has 0 atom stereocenters. The van der Waals surface area contributed by atoms with Crippen LogP contribution < -0.4 is 0 Å². The molecule has 22 heavy (non-hydrogen) atoms. The van der Waals surface area contributed by atoms with Crippen LogP contribution >= 0.6 is 11.8 Å². The Morgan fingerprint density at radius 3 is 2.55 bits per heavy atom. The Bertz CT molecular complexity index is 803. The lowest BCUT2D eigenvalue weighted by atomic mass is 10.0. The van der Waals surface area contributed by atoms with Gasteiger partial charge >= 0.3 is 0 Å². The molecule has 2 aromatic heterocycles. The molecule has 112 valence electrons. The Balaban J connectivity index is 1.90. The van der Waals surface area contributed by atoms with E-state index in [0.717, 1.165) is 10.9 Å². The molecule has 0 amide bonds. The molecule has 1 aromatic carbocycles. The number of nitrogens with zero attached hydrogens (tertiary/aromatic N) is 4. The molecule has 5 heteroatoms. The molecule has 0 unspecified atom stereocenters. The van der Waals surface area contributed by atoms with Crippen molar-refractivity contribution in [3.05, 3.63) is 53.3 Å². The summed E-state index contributed by atoms with van der Waals surface area (Å²) >= 11 is 1.51. The fourth-order valence-corrected chi connectivity index (χ4v) is 2.52. The molecular formula is C17H18N4S. The lowest BCUT2D eigenvalue weighted by molar-refractivity contribution is 0.866. The Labute approximate surface area is 134 Å². The van der Waals surface area contributed by atoms with Gasteiger partial charge in [-0.3, -0.25) is 0 Å². The third-order valence-corrected chi connectivity index (χ3v) is 4.02. The van der Waals surface area contributed by atoms with E-state index >= 15 is 0 Å². The molecule has 3 aromatic rings. The number of thioether (sulfide) groups is 1. The van der Waals surface area contributed by atoms with Crippen LogP contribution in [0.2, 0.25) is 0 Å². The maximum Gasteiger partial charge on any atom is 0.253 e. The minimum Gasteiger partial charge on any atom is -0.220 e. The monoisotopic (exact) mass is 310 g/mol. The maximum absolute atomic E-state index is 4.44. The molecule has 3 rings (SSSR count). The summed E-state index contributed by atoms with van der Waals surface area (Å²) in [5, 5.41) is 5.17. The van der Waals surface area contributed by atoms with E-state index in [1.165, 1.54) is 22.9 Å². The van der Waals surface area contributed by atoms with E-state index in [-0.39, 0.29) is 0 Å². The van der Waals surface area contributed by atoms with E-state index in [1.807, 2.05) is 18.4 Å². The van der Waals surface area contributed by atoms with Crippen molar-refractivity contribution in [3.8, 4) is 0 Å². The Morgan fingerprint density at radius 1 is 1.09 bits per heavy atom. The zero-order valence-electron chi connectivity index (χ0n) is 12.9. The first-order chi connectivity index (χ1) is 10.7. The van der Waals surface area contributed by atoms with E-state index < -0.39 is 0 Å². The second kappa shape index (κ2) is 6.32. The number of hydrogen-bond acceptors (Lipinski definition) is 4. The van der Waals surface area contributed by atoms with E-state index in [1.54, 1.807) is 10.7 Å². The Kier molecular flexibility index (Phi) is 4.24. The highest BCUT2D eigenvalue weighted by molar-refractivity contribution is 7.98. The second-order valence-electron chi connectivity index (χ2n) is 5.33. The molecule has 0 saturated carbocycles. The zero-order chi connectivity index (χ0) is 15.5. The van der Waals surface area contributed by atoms with Gasteiger partial charge in [0.15, 0.2) is 0 Å². The third-order valence-electron chi connectivity index (χ3n) is 3.48. The highest BCUT2D eigenvalue weighted by Crippen LogP contribution is 2.17. The Morgan fingerprint density at radius 2 is 1.86 bits per heavy atom. The lowest BCUT2D eigenvalue weighted by Crippen LogP contribution is -1.94. The smallest absolute Gasteiger partial charge is 0.220 e. The number of hydrogen-bond donors (Lipinski definition) is 0. The first-order valence-corrected chi connectivity index (χ1v) is 8.43. The van der Waals surface area contributed by atoms with Crippen molar-refractivity contribution >= 4 is 29.7 Å². The molecule has 0 aliphatic rings. The van der Waals surface area contributed by atoms with Crippen LogP contribution in [-0.2, 0) is 0 Å². The molecule has 4 nitrogen and oxygen atoms in total. The lowest BCUT2D eigenvalue weighted by Gasteiger charge is -2.04. The largest absolute Gasteiger partial charge is 0.253 e. The van der Waals surface area contributed by atoms with Crippen LogP contribution in [0.15, 0.2) is 41.7 Å². The van der Waals surface area contributed by atoms with E-state index in [2.05, 4.69) is 59.3 Å². The molecule has 0 N–H and O–H groups in total. The van der Waals surface area contributed by atoms with Gasteiger partial charge in [0.25, 0.3) is 5.78 Å². The SMILES string of the molecule is CSc1nc2nccc(C=Cc3ccc(C(C)C)cc3)n2n1. The standard InChI is InChI=1S/C17H18N4S/c1-12(2)14-7-4-13(5-8-14)6-9-15-10-11-18-16-19-17(22-3)20-21(15)16/h4-12H,1-3H3. The third kappa shape index (κ3) is 3.04. The van der Waals surface area contributed by atoms with E-state index in [4.69, 9.17) is 0 Å². The van der Waals surface area contributed by atoms with Crippen molar-refractivity contribution in [2.24, 2.45) is 0 Å². The van der Waals surface area contributed by atoms with Crippen LogP contribution in [-0.4, -0.2) is 25.8 Å². The average molecular weight is 310 g/mol. The fraction of sp³-hybridized carbons (Fsp3) is 0.235. The minimum absolute atomic E-state index is 0.554. The highest BCUT2D eigenvalue weighted by atomic mass is 32.2. The van der Waals surface area contributed by atoms with Gasteiger partial charge in [0.05, 0.1) is 5.69 Å². The zero-order valence-corrected chi connectivity index (χ0v) is 13.7. The van der Waals surface area contributed by atoms with Crippen molar-refractivity contribution in [3.63, 3.8) is 0 Å². The molecule has 0 aliphatic carbocycles. The fourth-order valence-electron chi connectivity index (χ4n) is 2.18. The van der Waals surface area contributed by atoms with Gasteiger partial charge in [0.2, 0.25) is 5.16 Å². The molecular weight excluding hydrogens is 292 g/mol. The van der Waals surface area contributed by atoms with Crippen LogP contribution in [0, 0.1) is 0 Å². The molecule has 0 saturated heterocycles. The summed E-state index contributed by atoms with van der Waals surface area (Å²) < 4.78 is 1.77. The predicted molar refractivity (Wildman–Crippen MR) is 92.0 cm³/mol. The summed E-state index contributed by atoms with van der Waals surface area (Å²) in [6.45, 7) is 4.40.